The van der Waals surface area contributed by atoms with Crippen LogP contribution in [0.2, 0.25) is 5.02 Å². The second-order valence-electron chi connectivity index (χ2n) is 5.21. The number of halogens is 1. The van der Waals surface area contributed by atoms with Crippen molar-refractivity contribution in [3.63, 3.8) is 0 Å². The summed E-state index contributed by atoms with van der Waals surface area (Å²) in [6.07, 6.45) is 0. The Labute approximate surface area is 140 Å². The Morgan fingerprint density at radius 1 is 1.17 bits per heavy atom. The minimum absolute atomic E-state index is 0.465. The quantitative estimate of drug-likeness (QED) is 0.884. The molecule has 0 unspecified atom stereocenters. The van der Waals surface area contributed by atoms with Crippen LogP contribution in [0.5, 0.6) is 0 Å². The molecule has 0 spiro atoms. The second-order valence-corrected chi connectivity index (χ2v) is 5.65. The zero-order chi connectivity index (χ0) is 16.8. The van der Waals surface area contributed by atoms with Gasteiger partial charge in [0.05, 0.1) is 0 Å². The van der Waals surface area contributed by atoms with Gasteiger partial charge < -0.3 is 5.73 Å². The number of nitrogens with zero attached hydrogens (tertiary/aromatic N) is 1. The van der Waals surface area contributed by atoms with Crippen molar-refractivity contribution in [2.45, 2.75) is 12.6 Å². The molecule has 2 aromatic rings. The van der Waals surface area contributed by atoms with Gasteiger partial charge in [0, 0.05) is 11.6 Å². The third kappa shape index (κ3) is 4.81. The van der Waals surface area contributed by atoms with Gasteiger partial charge >= 0.3 is 6.03 Å². The molecule has 0 aliphatic rings. The number of urea groups is 1. The zero-order valence-corrected chi connectivity index (χ0v) is 13.5. The van der Waals surface area contributed by atoms with Gasteiger partial charge in [-0.1, -0.05) is 54.1 Å². The van der Waals surface area contributed by atoms with Gasteiger partial charge in [-0.15, -0.1) is 0 Å². The van der Waals surface area contributed by atoms with Crippen molar-refractivity contribution >= 4 is 23.5 Å². The first-order valence-electron chi connectivity index (χ1n) is 7.07. The Hall–Kier alpha value is -2.37. The van der Waals surface area contributed by atoms with Crippen LogP contribution in [-0.2, 0) is 11.3 Å². The van der Waals surface area contributed by atoms with Crippen molar-refractivity contribution < 1.29 is 9.59 Å². The van der Waals surface area contributed by atoms with Gasteiger partial charge in [-0.2, -0.15) is 0 Å². The van der Waals surface area contributed by atoms with Crippen LogP contribution >= 0.6 is 11.6 Å². The molecule has 1 atom stereocenters. The summed E-state index contributed by atoms with van der Waals surface area (Å²) in [5, 5.41) is 2.78. The number of primary amides is 1. The molecular weight excluding hydrogens is 314 g/mol. The summed E-state index contributed by atoms with van der Waals surface area (Å²) in [4.78, 5) is 25.2. The van der Waals surface area contributed by atoms with Gasteiger partial charge in [0.25, 0.3) is 0 Å². The number of hydrogen-bond donors (Lipinski definition) is 2. The lowest BCUT2D eigenvalue weighted by atomic mass is 10.0. The number of amides is 3. The molecule has 0 saturated carbocycles. The first kappa shape index (κ1) is 17.0. The predicted molar refractivity (Wildman–Crippen MR) is 89.8 cm³/mol. The van der Waals surface area contributed by atoms with E-state index in [1.807, 2.05) is 53.4 Å². The number of benzene rings is 2. The van der Waals surface area contributed by atoms with Crippen LogP contribution in [0.1, 0.15) is 17.2 Å². The lowest BCUT2D eigenvalue weighted by molar-refractivity contribution is -0.125. The highest BCUT2D eigenvalue weighted by molar-refractivity contribution is 6.30. The lowest BCUT2D eigenvalue weighted by Crippen LogP contribution is -2.43. The van der Waals surface area contributed by atoms with Crippen molar-refractivity contribution in [3.8, 4) is 0 Å². The smallest absolute Gasteiger partial charge is 0.318 e. The molecule has 5 nitrogen and oxygen atoms in total. The molecule has 120 valence electrons. The zero-order valence-electron chi connectivity index (χ0n) is 12.7. The number of hydrogen-bond acceptors (Lipinski definition) is 3. The fourth-order valence-electron chi connectivity index (χ4n) is 2.45. The van der Waals surface area contributed by atoms with Crippen LogP contribution in [0.25, 0.3) is 0 Å². The van der Waals surface area contributed by atoms with E-state index in [-0.39, 0.29) is 0 Å². The SMILES string of the molecule is CN(Cc1cccc(Cl)c1)[C@@H](C(=O)NC(N)=O)c1ccccc1. The summed E-state index contributed by atoms with van der Waals surface area (Å²) in [6, 6.07) is 15.1. The molecule has 0 fully saturated rings. The van der Waals surface area contributed by atoms with Gasteiger partial charge in [-0.3, -0.25) is 15.0 Å². The minimum atomic E-state index is -0.868. The van der Waals surface area contributed by atoms with Crippen LogP contribution in [-0.4, -0.2) is 23.9 Å². The van der Waals surface area contributed by atoms with Crippen molar-refractivity contribution in [3.05, 3.63) is 70.7 Å². The van der Waals surface area contributed by atoms with Crippen LogP contribution in [0.3, 0.4) is 0 Å². The Bertz CT molecular complexity index is 691. The largest absolute Gasteiger partial charge is 0.351 e. The Kier molecular flexibility index (Phi) is 5.73. The van der Waals surface area contributed by atoms with E-state index in [1.54, 1.807) is 13.1 Å². The van der Waals surface area contributed by atoms with E-state index < -0.39 is 18.0 Å². The maximum Gasteiger partial charge on any atom is 0.318 e. The minimum Gasteiger partial charge on any atom is -0.351 e. The van der Waals surface area contributed by atoms with Crippen LogP contribution in [0.15, 0.2) is 54.6 Å². The summed E-state index contributed by atoms with van der Waals surface area (Å²) in [7, 11) is 1.80. The molecule has 0 heterocycles. The van der Waals surface area contributed by atoms with E-state index in [0.717, 1.165) is 11.1 Å². The maximum absolute atomic E-state index is 12.4. The maximum atomic E-state index is 12.4. The molecule has 2 rings (SSSR count). The van der Waals surface area contributed by atoms with Crippen LogP contribution < -0.4 is 11.1 Å². The molecule has 2 aromatic carbocycles. The first-order valence-corrected chi connectivity index (χ1v) is 7.45. The Morgan fingerprint density at radius 2 is 1.87 bits per heavy atom. The highest BCUT2D eigenvalue weighted by atomic mass is 35.5. The van der Waals surface area contributed by atoms with E-state index in [1.165, 1.54) is 0 Å². The summed E-state index contributed by atoms with van der Waals surface area (Å²) in [5.41, 5.74) is 6.81. The highest BCUT2D eigenvalue weighted by Gasteiger charge is 2.26. The van der Waals surface area contributed by atoms with Crippen molar-refractivity contribution in [2.24, 2.45) is 5.73 Å². The van der Waals surface area contributed by atoms with E-state index in [2.05, 4.69) is 5.32 Å². The fraction of sp³-hybridized carbons (Fsp3) is 0.176. The number of rotatable bonds is 5. The molecule has 3 amide bonds. The van der Waals surface area contributed by atoms with Crippen molar-refractivity contribution in [2.75, 3.05) is 7.05 Å². The van der Waals surface area contributed by atoms with E-state index in [4.69, 9.17) is 17.3 Å². The molecule has 0 bridgehead atoms. The molecule has 0 radical (unpaired) electrons. The standard InChI is InChI=1S/C17H18ClN3O2/c1-21(11-12-6-5-9-14(18)10-12)15(16(22)20-17(19)23)13-7-3-2-4-8-13/h2-10,15H,11H2,1H3,(H3,19,20,22,23)/t15-/m1/s1. The lowest BCUT2D eigenvalue weighted by Gasteiger charge is -2.27. The normalized spacial score (nSPS) is 12.0. The number of nitrogens with two attached hydrogens (primary N) is 1. The summed E-state index contributed by atoms with van der Waals surface area (Å²) < 4.78 is 0. The predicted octanol–water partition coefficient (Wildman–Crippen LogP) is 2.71. The van der Waals surface area contributed by atoms with Gasteiger partial charge in [0.1, 0.15) is 6.04 Å². The van der Waals surface area contributed by atoms with Crippen molar-refractivity contribution in [1.29, 1.82) is 0 Å². The van der Waals surface area contributed by atoms with Gasteiger partial charge in [-0.25, -0.2) is 4.79 Å². The van der Waals surface area contributed by atoms with E-state index >= 15 is 0 Å². The Balaban J connectivity index is 2.25. The summed E-state index contributed by atoms with van der Waals surface area (Å²) in [6.45, 7) is 0.492. The van der Waals surface area contributed by atoms with Crippen LogP contribution in [0.4, 0.5) is 4.79 Å². The number of nitrogens with one attached hydrogen (secondary N) is 1. The number of imide groups is 1. The highest BCUT2D eigenvalue weighted by Crippen LogP contribution is 2.22. The third-order valence-corrected chi connectivity index (χ3v) is 3.61. The van der Waals surface area contributed by atoms with Gasteiger partial charge in [0.2, 0.25) is 5.91 Å². The Morgan fingerprint density at radius 3 is 2.48 bits per heavy atom. The molecule has 0 saturated heterocycles. The fourth-order valence-corrected chi connectivity index (χ4v) is 2.66. The average Bonchev–Trinajstić information content (AvgIpc) is 2.47. The summed E-state index contributed by atoms with van der Waals surface area (Å²) >= 11 is 6.00. The van der Waals surface area contributed by atoms with Crippen LogP contribution in [0, 0.1) is 0 Å². The summed E-state index contributed by atoms with van der Waals surface area (Å²) in [5.74, 6) is -0.465. The molecule has 0 aliphatic carbocycles. The molecule has 23 heavy (non-hydrogen) atoms. The third-order valence-electron chi connectivity index (χ3n) is 3.37. The monoisotopic (exact) mass is 331 g/mol. The topological polar surface area (TPSA) is 75.4 Å². The van der Waals surface area contributed by atoms with Gasteiger partial charge in [-0.05, 0) is 30.3 Å². The van der Waals surface area contributed by atoms with E-state index in [0.29, 0.717) is 11.6 Å². The van der Waals surface area contributed by atoms with E-state index in [9.17, 15) is 9.59 Å². The van der Waals surface area contributed by atoms with Gasteiger partial charge in [0.15, 0.2) is 0 Å². The average molecular weight is 332 g/mol. The number of likely N-dealkylation sites (N-methyl/N-ethyl adjacent to an activating group) is 1. The number of carbonyl (C=O) groups is 2. The molecule has 0 aliphatic heterocycles. The van der Waals surface area contributed by atoms with Crippen molar-refractivity contribution in [1.82, 2.24) is 10.2 Å². The molecule has 6 heteroatoms. The molecule has 3 N–H and O–H groups in total. The molecule has 0 aromatic heterocycles. The molecular formula is C17H18ClN3O2. The number of carbonyl (C=O) groups excluding carboxylic acids is 2. The second kappa shape index (κ2) is 7.76. The first-order chi connectivity index (χ1) is 11.0.